The molecule has 0 unspecified atom stereocenters. The van der Waals surface area contributed by atoms with Crippen LogP contribution in [0.3, 0.4) is 0 Å². The molecule has 0 aliphatic rings. The molecular weight excluding hydrogens is 314 g/mol. The quantitative estimate of drug-likeness (QED) is 0.721. The Morgan fingerprint density at radius 3 is 2.96 bits per heavy atom. The number of rotatable bonds is 7. The van der Waals surface area contributed by atoms with E-state index in [0.29, 0.717) is 13.0 Å². The first-order valence-electron chi connectivity index (χ1n) is 8.56. The summed E-state index contributed by atoms with van der Waals surface area (Å²) in [7, 11) is 0. The van der Waals surface area contributed by atoms with Gasteiger partial charge in [0.2, 0.25) is 0 Å². The summed E-state index contributed by atoms with van der Waals surface area (Å²) >= 11 is 0. The van der Waals surface area contributed by atoms with E-state index in [2.05, 4.69) is 24.1 Å². The van der Waals surface area contributed by atoms with Crippen molar-refractivity contribution >= 4 is 11.6 Å². The third-order valence-corrected chi connectivity index (χ3v) is 4.03. The van der Waals surface area contributed by atoms with Gasteiger partial charge in [0.15, 0.2) is 6.61 Å². The number of nitrogens with zero attached hydrogens (tertiary/aromatic N) is 2. The predicted octanol–water partition coefficient (Wildman–Crippen LogP) is 2.94. The number of pyridine rings is 1. The number of hydrogen-bond donors (Lipinski definition) is 1. The predicted molar refractivity (Wildman–Crippen MR) is 98.0 cm³/mol. The summed E-state index contributed by atoms with van der Waals surface area (Å²) in [6, 6.07) is 11.9. The highest BCUT2D eigenvalue weighted by molar-refractivity contribution is 5.77. The summed E-state index contributed by atoms with van der Waals surface area (Å²) in [5.74, 6) is 0.603. The van der Waals surface area contributed by atoms with E-state index in [4.69, 9.17) is 4.74 Å². The van der Waals surface area contributed by atoms with Gasteiger partial charge >= 0.3 is 0 Å². The second-order valence-electron chi connectivity index (χ2n) is 6.09. The maximum atomic E-state index is 11.9. The van der Waals surface area contributed by atoms with Crippen LogP contribution in [0.5, 0.6) is 5.75 Å². The minimum Gasteiger partial charge on any atom is -0.484 e. The van der Waals surface area contributed by atoms with E-state index in [9.17, 15) is 4.79 Å². The number of carbonyl (C=O) groups excluding carboxylic acids is 1. The highest BCUT2D eigenvalue weighted by atomic mass is 16.5. The average Bonchev–Trinajstić information content (AvgIpc) is 3.02. The van der Waals surface area contributed by atoms with Crippen LogP contribution in [0.1, 0.15) is 23.7 Å². The summed E-state index contributed by atoms with van der Waals surface area (Å²) in [6.45, 7) is 4.71. The fourth-order valence-electron chi connectivity index (χ4n) is 2.66. The standard InChI is InChI=1S/C20H23N3O2/c1-3-16-5-4-6-18(11-16)25-14-20(24)21-10-9-17-13-23-12-15(2)7-8-19(23)22-17/h4-8,11-13H,3,9-10,14H2,1-2H3,(H,21,24). The van der Waals surface area contributed by atoms with Crippen LogP contribution in [0.4, 0.5) is 0 Å². The van der Waals surface area contributed by atoms with E-state index < -0.39 is 0 Å². The monoisotopic (exact) mass is 337 g/mol. The number of carbonyl (C=O) groups is 1. The molecule has 25 heavy (non-hydrogen) atoms. The van der Waals surface area contributed by atoms with Gasteiger partial charge in [0.1, 0.15) is 11.4 Å². The first-order chi connectivity index (χ1) is 12.1. The lowest BCUT2D eigenvalue weighted by molar-refractivity contribution is -0.123. The molecule has 0 aliphatic heterocycles. The van der Waals surface area contributed by atoms with E-state index in [0.717, 1.165) is 23.5 Å². The largest absolute Gasteiger partial charge is 0.484 e. The Hall–Kier alpha value is -2.82. The molecule has 1 N–H and O–H groups in total. The van der Waals surface area contributed by atoms with Crippen molar-refractivity contribution in [1.82, 2.24) is 14.7 Å². The molecule has 0 spiro atoms. The molecule has 3 aromatic rings. The maximum Gasteiger partial charge on any atom is 0.257 e. The number of amides is 1. The van der Waals surface area contributed by atoms with Crippen LogP contribution >= 0.6 is 0 Å². The molecule has 2 aromatic heterocycles. The highest BCUT2D eigenvalue weighted by Gasteiger charge is 2.05. The number of nitrogens with one attached hydrogen (secondary N) is 1. The zero-order valence-electron chi connectivity index (χ0n) is 14.7. The average molecular weight is 337 g/mol. The lowest BCUT2D eigenvalue weighted by Gasteiger charge is -2.08. The smallest absolute Gasteiger partial charge is 0.257 e. The van der Waals surface area contributed by atoms with Gasteiger partial charge in [0.25, 0.3) is 5.91 Å². The van der Waals surface area contributed by atoms with Gasteiger partial charge in [0, 0.05) is 25.4 Å². The summed E-state index contributed by atoms with van der Waals surface area (Å²) in [5.41, 5.74) is 4.27. The molecule has 5 nitrogen and oxygen atoms in total. The Morgan fingerprint density at radius 1 is 1.24 bits per heavy atom. The van der Waals surface area contributed by atoms with Crippen LogP contribution in [0.2, 0.25) is 0 Å². The van der Waals surface area contributed by atoms with Crippen molar-refractivity contribution in [1.29, 1.82) is 0 Å². The van der Waals surface area contributed by atoms with Gasteiger partial charge in [0.05, 0.1) is 5.69 Å². The number of imidazole rings is 1. The number of aromatic nitrogens is 2. The molecule has 0 bridgehead atoms. The third kappa shape index (κ3) is 4.59. The topological polar surface area (TPSA) is 55.6 Å². The zero-order valence-corrected chi connectivity index (χ0v) is 14.7. The summed E-state index contributed by atoms with van der Waals surface area (Å²) in [4.78, 5) is 16.5. The van der Waals surface area contributed by atoms with Gasteiger partial charge in [-0.25, -0.2) is 4.98 Å². The summed E-state index contributed by atoms with van der Waals surface area (Å²) in [5, 5.41) is 2.87. The first kappa shape index (κ1) is 17.0. The molecule has 0 saturated carbocycles. The number of aryl methyl sites for hydroxylation is 2. The molecule has 3 rings (SSSR count). The van der Waals surface area contributed by atoms with Crippen LogP contribution in [0, 0.1) is 6.92 Å². The third-order valence-electron chi connectivity index (χ3n) is 4.03. The fourth-order valence-corrected chi connectivity index (χ4v) is 2.66. The molecular formula is C20H23N3O2. The fraction of sp³-hybridized carbons (Fsp3) is 0.300. The molecule has 0 fully saturated rings. The van der Waals surface area contributed by atoms with Crippen LogP contribution in [-0.2, 0) is 17.6 Å². The van der Waals surface area contributed by atoms with E-state index in [1.54, 1.807) is 0 Å². The van der Waals surface area contributed by atoms with Crippen LogP contribution in [-0.4, -0.2) is 28.4 Å². The second kappa shape index (κ2) is 7.83. The van der Waals surface area contributed by atoms with Crippen LogP contribution < -0.4 is 10.1 Å². The minimum atomic E-state index is -0.124. The molecule has 0 radical (unpaired) electrons. The molecule has 130 valence electrons. The van der Waals surface area contributed by atoms with Crippen molar-refractivity contribution in [2.45, 2.75) is 26.7 Å². The Labute approximate surface area is 147 Å². The number of benzene rings is 1. The van der Waals surface area contributed by atoms with E-state index in [-0.39, 0.29) is 12.5 Å². The lowest BCUT2D eigenvalue weighted by Crippen LogP contribution is -2.30. The number of fused-ring (bicyclic) bond motifs is 1. The van der Waals surface area contributed by atoms with Gasteiger partial charge in [-0.1, -0.05) is 25.1 Å². The van der Waals surface area contributed by atoms with Gasteiger partial charge in [-0.15, -0.1) is 0 Å². The summed E-state index contributed by atoms with van der Waals surface area (Å²) in [6.07, 6.45) is 5.68. The van der Waals surface area contributed by atoms with Crippen molar-refractivity contribution in [3.63, 3.8) is 0 Å². The molecule has 0 atom stereocenters. The molecule has 2 heterocycles. The van der Waals surface area contributed by atoms with Crippen LogP contribution in [0.15, 0.2) is 48.8 Å². The Bertz CT molecular complexity index is 870. The van der Waals surface area contributed by atoms with Gasteiger partial charge in [-0.3, -0.25) is 4.79 Å². The van der Waals surface area contributed by atoms with Gasteiger partial charge in [-0.05, 0) is 42.7 Å². The maximum absolute atomic E-state index is 11.9. The molecule has 0 saturated heterocycles. The zero-order chi connectivity index (χ0) is 17.6. The lowest BCUT2D eigenvalue weighted by atomic mass is 10.2. The Morgan fingerprint density at radius 2 is 2.12 bits per heavy atom. The second-order valence-corrected chi connectivity index (χ2v) is 6.09. The van der Waals surface area contributed by atoms with Crippen molar-refractivity contribution in [2.75, 3.05) is 13.2 Å². The normalized spacial score (nSPS) is 10.8. The first-order valence-corrected chi connectivity index (χ1v) is 8.56. The van der Waals surface area contributed by atoms with E-state index in [1.165, 1.54) is 11.1 Å². The highest BCUT2D eigenvalue weighted by Crippen LogP contribution is 2.13. The molecule has 1 amide bonds. The van der Waals surface area contributed by atoms with Crippen molar-refractivity contribution in [3.05, 3.63) is 65.6 Å². The van der Waals surface area contributed by atoms with E-state index in [1.807, 2.05) is 53.2 Å². The summed E-state index contributed by atoms with van der Waals surface area (Å²) < 4.78 is 7.55. The Kier molecular flexibility index (Phi) is 5.33. The number of ether oxygens (including phenoxy) is 1. The van der Waals surface area contributed by atoms with Gasteiger partial charge < -0.3 is 14.5 Å². The SMILES string of the molecule is CCc1cccc(OCC(=O)NCCc2cn3cc(C)ccc3n2)c1. The van der Waals surface area contributed by atoms with E-state index >= 15 is 0 Å². The molecule has 0 aliphatic carbocycles. The van der Waals surface area contributed by atoms with Crippen LogP contribution in [0.25, 0.3) is 5.65 Å². The molecule has 1 aromatic carbocycles. The Balaban J connectivity index is 1.45. The van der Waals surface area contributed by atoms with Crippen molar-refractivity contribution in [2.24, 2.45) is 0 Å². The van der Waals surface area contributed by atoms with Gasteiger partial charge in [-0.2, -0.15) is 0 Å². The van der Waals surface area contributed by atoms with Crippen molar-refractivity contribution in [3.8, 4) is 5.75 Å². The molecule has 5 heteroatoms. The minimum absolute atomic E-state index is 0.0253. The number of hydrogen-bond acceptors (Lipinski definition) is 3. The van der Waals surface area contributed by atoms with Crippen molar-refractivity contribution < 1.29 is 9.53 Å².